The number of hydrogen-bond acceptors (Lipinski definition) is 6. The normalized spacial score (nSPS) is 11.3. The highest BCUT2D eigenvalue weighted by Crippen LogP contribution is 2.34. The molecule has 2 aromatic rings. The molecule has 2 rings (SSSR count). The Bertz CT molecular complexity index is 995. The standard InChI is InChI=1S/C17H16BrClN2O6S/c1-11(2)27-17(22)10-20(16-9-13(21(23)24)5-8-15(16)19)28(25,26)14-6-3-12(18)4-7-14/h3-9,11H,10H2,1-2H3. The molecule has 0 saturated heterocycles. The van der Waals surface area contributed by atoms with Crippen LogP contribution in [0.4, 0.5) is 11.4 Å². The average Bonchev–Trinajstić information content (AvgIpc) is 2.60. The number of benzene rings is 2. The SMILES string of the molecule is CC(C)OC(=O)CN(c1cc([N+](=O)[O-])ccc1Cl)S(=O)(=O)c1ccc(Br)cc1. The van der Waals surface area contributed by atoms with E-state index in [0.29, 0.717) is 8.78 Å². The van der Waals surface area contributed by atoms with Crippen LogP contribution in [0.5, 0.6) is 0 Å². The van der Waals surface area contributed by atoms with Gasteiger partial charge in [0.1, 0.15) is 6.54 Å². The molecule has 0 aromatic heterocycles. The van der Waals surface area contributed by atoms with Crippen LogP contribution in [0.1, 0.15) is 13.8 Å². The van der Waals surface area contributed by atoms with E-state index in [-0.39, 0.29) is 21.3 Å². The number of hydrogen-bond donors (Lipinski definition) is 0. The minimum atomic E-state index is -4.26. The Morgan fingerprint density at radius 2 is 1.86 bits per heavy atom. The van der Waals surface area contributed by atoms with Gasteiger partial charge in [0.25, 0.3) is 15.7 Å². The molecular formula is C17H16BrClN2O6S. The second kappa shape index (κ2) is 8.89. The molecule has 0 saturated carbocycles. The maximum Gasteiger partial charge on any atom is 0.327 e. The van der Waals surface area contributed by atoms with Crippen molar-refractivity contribution >= 4 is 54.9 Å². The van der Waals surface area contributed by atoms with Crippen LogP contribution in [0, 0.1) is 10.1 Å². The van der Waals surface area contributed by atoms with Crippen LogP contribution in [0.2, 0.25) is 5.02 Å². The van der Waals surface area contributed by atoms with Gasteiger partial charge in [-0.05, 0) is 44.2 Å². The number of nitrogens with zero attached hydrogens (tertiary/aromatic N) is 2. The second-order valence-corrected chi connectivity index (χ2v) is 9.08. The molecule has 0 aliphatic heterocycles. The summed E-state index contributed by atoms with van der Waals surface area (Å²) in [5, 5.41) is 11.0. The minimum absolute atomic E-state index is 0.0661. The molecule has 0 aliphatic carbocycles. The summed E-state index contributed by atoms with van der Waals surface area (Å²) >= 11 is 9.34. The number of carbonyl (C=O) groups excluding carboxylic acids is 1. The number of anilines is 1. The van der Waals surface area contributed by atoms with Gasteiger partial charge in [-0.3, -0.25) is 19.2 Å². The van der Waals surface area contributed by atoms with E-state index in [1.807, 2.05) is 0 Å². The van der Waals surface area contributed by atoms with E-state index in [0.717, 1.165) is 12.1 Å². The van der Waals surface area contributed by atoms with E-state index in [1.165, 1.54) is 30.3 Å². The predicted molar refractivity (Wildman–Crippen MR) is 108 cm³/mol. The molecule has 28 heavy (non-hydrogen) atoms. The molecule has 150 valence electrons. The third-order valence-corrected chi connectivity index (χ3v) is 6.07. The molecule has 0 fully saturated rings. The van der Waals surface area contributed by atoms with Crippen LogP contribution < -0.4 is 4.31 Å². The molecule has 0 bridgehead atoms. The summed E-state index contributed by atoms with van der Waals surface area (Å²) < 4.78 is 32.7. The zero-order valence-corrected chi connectivity index (χ0v) is 18.0. The molecule has 2 aromatic carbocycles. The molecule has 11 heteroatoms. The number of nitro benzene ring substituents is 1. The van der Waals surface area contributed by atoms with Crippen LogP contribution in [-0.4, -0.2) is 32.0 Å². The highest BCUT2D eigenvalue weighted by molar-refractivity contribution is 9.10. The van der Waals surface area contributed by atoms with Gasteiger partial charge in [-0.1, -0.05) is 27.5 Å². The number of nitro groups is 1. The quantitative estimate of drug-likeness (QED) is 0.327. The van der Waals surface area contributed by atoms with E-state index >= 15 is 0 Å². The number of carbonyl (C=O) groups is 1. The Morgan fingerprint density at radius 1 is 1.25 bits per heavy atom. The molecule has 0 atom stereocenters. The highest BCUT2D eigenvalue weighted by atomic mass is 79.9. The number of rotatable bonds is 7. The van der Waals surface area contributed by atoms with Crippen molar-refractivity contribution in [2.45, 2.75) is 24.8 Å². The summed E-state index contributed by atoms with van der Waals surface area (Å²) in [6.07, 6.45) is -0.467. The molecule has 0 N–H and O–H groups in total. The summed E-state index contributed by atoms with van der Waals surface area (Å²) in [5.74, 6) is -0.821. The zero-order chi connectivity index (χ0) is 21.1. The molecule has 0 heterocycles. The van der Waals surface area contributed by atoms with Crippen LogP contribution in [0.25, 0.3) is 0 Å². The number of esters is 1. The summed E-state index contributed by atoms with van der Waals surface area (Å²) in [4.78, 5) is 22.5. The largest absolute Gasteiger partial charge is 0.462 e. The molecule has 0 radical (unpaired) electrons. The fraction of sp³-hybridized carbons (Fsp3) is 0.235. The highest BCUT2D eigenvalue weighted by Gasteiger charge is 2.30. The maximum atomic E-state index is 13.2. The Balaban J connectivity index is 2.60. The smallest absolute Gasteiger partial charge is 0.327 e. The lowest BCUT2D eigenvalue weighted by Crippen LogP contribution is -2.37. The Hall–Kier alpha value is -2.17. The first-order valence-corrected chi connectivity index (χ1v) is 10.5. The van der Waals surface area contributed by atoms with E-state index in [1.54, 1.807) is 13.8 Å². The Kier molecular flexibility index (Phi) is 7.02. The zero-order valence-electron chi connectivity index (χ0n) is 14.8. The van der Waals surface area contributed by atoms with Gasteiger partial charge in [-0.2, -0.15) is 0 Å². The fourth-order valence-electron chi connectivity index (χ4n) is 2.26. The predicted octanol–water partition coefficient (Wildman–Crippen LogP) is 4.16. The molecule has 0 spiro atoms. The number of ether oxygens (including phenoxy) is 1. The first kappa shape index (κ1) is 22.1. The molecule has 0 unspecified atom stereocenters. The van der Waals surface area contributed by atoms with Crippen molar-refractivity contribution in [2.75, 3.05) is 10.8 Å². The van der Waals surface area contributed by atoms with Crippen LogP contribution in [0.3, 0.4) is 0 Å². The van der Waals surface area contributed by atoms with Gasteiger partial charge >= 0.3 is 5.97 Å². The van der Waals surface area contributed by atoms with E-state index in [4.69, 9.17) is 16.3 Å². The van der Waals surface area contributed by atoms with Crippen molar-refractivity contribution < 1.29 is 22.9 Å². The first-order valence-electron chi connectivity index (χ1n) is 7.94. The molecule has 8 nitrogen and oxygen atoms in total. The van der Waals surface area contributed by atoms with Gasteiger partial charge in [0.05, 0.1) is 26.6 Å². The van der Waals surface area contributed by atoms with Crippen LogP contribution in [-0.2, 0) is 19.6 Å². The van der Waals surface area contributed by atoms with Crippen LogP contribution in [0.15, 0.2) is 51.8 Å². The van der Waals surface area contributed by atoms with Crippen LogP contribution >= 0.6 is 27.5 Å². The topological polar surface area (TPSA) is 107 Å². The maximum absolute atomic E-state index is 13.2. The number of halogens is 2. The van der Waals surface area contributed by atoms with Gasteiger partial charge in [0.15, 0.2) is 0 Å². The first-order chi connectivity index (χ1) is 13.0. The molecule has 0 amide bonds. The number of sulfonamides is 1. The monoisotopic (exact) mass is 490 g/mol. The average molecular weight is 492 g/mol. The Labute approximate surface area is 175 Å². The fourth-order valence-corrected chi connectivity index (χ4v) is 4.21. The third-order valence-electron chi connectivity index (χ3n) is 3.45. The van der Waals surface area contributed by atoms with Crippen molar-refractivity contribution in [3.05, 3.63) is 62.1 Å². The lowest BCUT2D eigenvalue weighted by Gasteiger charge is -2.25. The van der Waals surface area contributed by atoms with Crippen molar-refractivity contribution in [3.8, 4) is 0 Å². The molecular weight excluding hydrogens is 476 g/mol. The van der Waals surface area contributed by atoms with E-state index < -0.39 is 33.6 Å². The van der Waals surface area contributed by atoms with Crippen molar-refractivity contribution in [2.24, 2.45) is 0 Å². The van der Waals surface area contributed by atoms with Crippen molar-refractivity contribution in [3.63, 3.8) is 0 Å². The summed E-state index contributed by atoms with van der Waals surface area (Å²) in [7, 11) is -4.26. The van der Waals surface area contributed by atoms with Gasteiger partial charge in [-0.15, -0.1) is 0 Å². The lowest BCUT2D eigenvalue weighted by molar-refractivity contribution is -0.384. The number of non-ortho nitro benzene ring substituents is 1. The minimum Gasteiger partial charge on any atom is -0.462 e. The van der Waals surface area contributed by atoms with Gasteiger partial charge < -0.3 is 4.74 Å². The van der Waals surface area contributed by atoms with Gasteiger partial charge in [0.2, 0.25) is 0 Å². The third kappa shape index (κ3) is 5.21. The Morgan fingerprint density at radius 3 is 2.39 bits per heavy atom. The lowest BCUT2D eigenvalue weighted by atomic mass is 10.3. The van der Waals surface area contributed by atoms with Gasteiger partial charge in [-0.25, -0.2) is 8.42 Å². The van der Waals surface area contributed by atoms with Gasteiger partial charge in [0, 0.05) is 16.6 Å². The van der Waals surface area contributed by atoms with E-state index in [9.17, 15) is 23.3 Å². The summed E-state index contributed by atoms with van der Waals surface area (Å²) in [6, 6.07) is 9.06. The summed E-state index contributed by atoms with van der Waals surface area (Å²) in [5.41, 5.74) is -0.563. The van der Waals surface area contributed by atoms with Crippen molar-refractivity contribution in [1.82, 2.24) is 0 Å². The second-order valence-electron chi connectivity index (χ2n) is 5.90. The van der Waals surface area contributed by atoms with Crippen molar-refractivity contribution in [1.29, 1.82) is 0 Å². The summed E-state index contributed by atoms with van der Waals surface area (Å²) in [6.45, 7) is 2.54. The van der Waals surface area contributed by atoms with E-state index in [2.05, 4.69) is 15.9 Å². The molecule has 0 aliphatic rings.